The molecular formula is C17H28IN3O. The molecule has 0 amide bonds. The number of nitrogens with zero attached hydrogens (tertiary/aromatic N) is 1. The van der Waals surface area contributed by atoms with E-state index >= 15 is 0 Å². The van der Waals surface area contributed by atoms with Crippen molar-refractivity contribution in [2.24, 2.45) is 10.9 Å². The van der Waals surface area contributed by atoms with Crippen LogP contribution in [-0.4, -0.2) is 32.7 Å². The van der Waals surface area contributed by atoms with E-state index in [1.807, 2.05) is 19.2 Å². The Labute approximate surface area is 151 Å². The number of hydrogen-bond acceptors (Lipinski definition) is 2. The first kappa shape index (κ1) is 19.1. The molecule has 2 rings (SSSR count). The maximum absolute atomic E-state index is 5.21. The third-order valence-electron chi connectivity index (χ3n) is 4.22. The van der Waals surface area contributed by atoms with Gasteiger partial charge in [-0.25, -0.2) is 0 Å². The predicted octanol–water partition coefficient (Wildman–Crippen LogP) is 3.16. The average Bonchev–Trinajstić information content (AvgIpc) is 3.18. The third kappa shape index (κ3) is 5.04. The summed E-state index contributed by atoms with van der Waals surface area (Å²) in [6.45, 7) is 7.55. The molecule has 1 aliphatic carbocycles. The molecule has 0 saturated heterocycles. The van der Waals surface area contributed by atoms with Crippen LogP contribution < -0.4 is 15.4 Å². The molecule has 4 nitrogen and oxygen atoms in total. The van der Waals surface area contributed by atoms with Crippen LogP contribution in [0.4, 0.5) is 0 Å². The van der Waals surface area contributed by atoms with E-state index in [0.29, 0.717) is 6.04 Å². The van der Waals surface area contributed by atoms with Gasteiger partial charge in [0.25, 0.3) is 0 Å². The fourth-order valence-electron chi connectivity index (χ4n) is 2.34. The Bertz CT molecular complexity index is 499. The van der Waals surface area contributed by atoms with Crippen molar-refractivity contribution in [3.8, 4) is 5.75 Å². The SMILES string of the molecule is CN=C(NCC(C)(C)c1ccc(OC)cc1)NC1CC1C.I. The van der Waals surface area contributed by atoms with Crippen LogP contribution in [0.5, 0.6) is 5.75 Å². The molecule has 0 bridgehead atoms. The van der Waals surface area contributed by atoms with Gasteiger partial charge in [-0.15, -0.1) is 24.0 Å². The van der Waals surface area contributed by atoms with Gasteiger partial charge in [-0.2, -0.15) is 0 Å². The molecule has 1 aromatic rings. The van der Waals surface area contributed by atoms with Crippen LogP contribution in [0.25, 0.3) is 0 Å². The molecule has 0 radical (unpaired) electrons. The highest BCUT2D eigenvalue weighted by Gasteiger charge is 2.33. The van der Waals surface area contributed by atoms with Crippen molar-refractivity contribution in [1.82, 2.24) is 10.6 Å². The molecule has 0 spiro atoms. The first-order valence-electron chi connectivity index (χ1n) is 7.58. The van der Waals surface area contributed by atoms with E-state index in [2.05, 4.69) is 48.5 Å². The molecular weight excluding hydrogens is 389 g/mol. The summed E-state index contributed by atoms with van der Waals surface area (Å²) in [6, 6.07) is 8.85. The Hall–Kier alpha value is -0.980. The number of rotatable bonds is 5. The van der Waals surface area contributed by atoms with Crippen molar-refractivity contribution >= 4 is 29.9 Å². The molecule has 1 aromatic carbocycles. The molecule has 0 aliphatic heterocycles. The zero-order chi connectivity index (χ0) is 15.5. The smallest absolute Gasteiger partial charge is 0.191 e. The average molecular weight is 417 g/mol. The summed E-state index contributed by atoms with van der Waals surface area (Å²) in [5.74, 6) is 2.55. The molecule has 1 fully saturated rings. The van der Waals surface area contributed by atoms with Gasteiger partial charge in [0.1, 0.15) is 5.75 Å². The molecule has 124 valence electrons. The molecule has 2 N–H and O–H groups in total. The lowest BCUT2D eigenvalue weighted by Gasteiger charge is -2.27. The van der Waals surface area contributed by atoms with Crippen LogP contribution in [0, 0.1) is 5.92 Å². The number of nitrogens with one attached hydrogen (secondary N) is 2. The molecule has 1 aliphatic rings. The highest BCUT2D eigenvalue weighted by Crippen LogP contribution is 2.29. The summed E-state index contributed by atoms with van der Waals surface area (Å²) in [4.78, 5) is 4.30. The minimum atomic E-state index is 0. The van der Waals surface area contributed by atoms with Crippen LogP contribution in [0.2, 0.25) is 0 Å². The third-order valence-corrected chi connectivity index (χ3v) is 4.22. The second-order valence-electron chi connectivity index (χ2n) is 6.50. The summed E-state index contributed by atoms with van der Waals surface area (Å²) >= 11 is 0. The Morgan fingerprint density at radius 3 is 2.36 bits per heavy atom. The maximum atomic E-state index is 5.21. The highest BCUT2D eigenvalue weighted by molar-refractivity contribution is 14.0. The molecule has 22 heavy (non-hydrogen) atoms. The van der Waals surface area contributed by atoms with E-state index in [0.717, 1.165) is 24.2 Å². The topological polar surface area (TPSA) is 45.7 Å². The predicted molar refractivity (Wildman–Crippen MR) is 104 cm³/mol. The van der Waals surface area contributed by atoms with Crippen molar-refractivity contribution in [1.29, 1.82) is 0 Å². The number of methoxy groups -OCH3 is 1. The van der Waals surface area contributed by atoms with Crippen molar-refractivity contribution in [2.45, 2.75) is 38.6 Å². The van der Waals surface area contributed by atoms with E-state index in [-0.39, 0.29) is 29.4 Å². The number of ether oxygens (including phenoxy) is 1. The molecule has 0 heterocycles. The summed E-state index contributed by atoms with van der Waals surface area (Å²) < 4.78 is 5.21. The van der Waals surface area contributed by atoms with Gasteiger partial charge in [0, 0.05) is 25.0 Å². The first-order chi connectivity index (χ1) is 9.96. The van der Waals surface area contributed by atoms with Gasteiger partial charge in [0.15, 0.2) is 5.96 Å². The minimum absolute atomic E-state index is 0. The van der Waals surface area contributed by atoms with Gasteiger partial charge < -0.3 is 15.4 Å². The van der Waals surface area contributed by atoms with E-state index < -0.39 is 0 Å². The zero-order valence-electron chi connectivity index (χ0n) is 14.1. The van der Waals surface area contributed by atoms with Crippen LogP contribution in [0.1, 0.15) is 32.8 Å². The highest BCUT2D eigenvalue weighted by atomic mass is 127. The fourth-order valence-corrected chi connectivity index (χ4v) is 2.34. The standard InChI is InChI=1S/C17H27N3O.HI/c1-12-10-15(12)20-16(18-4)19-11-17(2,3)13-6-8-14(21-5)9-7-13;/h6-9,12,15H,10-11H2,1-5H3,(H2,18,19,20);1H. The number of halogens is 1. The van der Waals surface area contributed by atoms with E-state index in [1.54, 1.807) is 7.11 Å². The normalized spacial score (nSPS) is 20.9. The summed E-state index contributed by atoms with van der Waals surface area (Å²) in [5, 5.41) is 6.89. The lowest BCUT2D eigenvalue weighted by Crippen LogP contribution is -2.44. The first-order valence-corrected chi connectivity index (χ1v) is 7.58. The van der Waals surface area contributed by atoms with Crippen LogP contribution in [0.3, 0.4) is 0 Å². The van der Waals surface area contributed by atoms with Crippen molar-refractivity contribution in [3.63, 3.8) is 0 Å². The van der Waals surface area contributed by atoms with Gasteiger partial charge in [0.05, 0.1) is 7.11 Å². The van der Waals surface area contributed by atoms with Crippen molar-refractivity contribution < 1.29 is 4.74 Å². The lowest BCUT2D eigenvalue weighted by molar-refractivity contribution is 0.414. The fraction of sp³-hybridized carbons (Fsp3) is 0.588. The van der Waals surface area contributed by atoms with E-state index in [9.17, 15) is 0 Å². The Morgan fingerprint density at radius 2 is 1.91 bits per heavy atom. The number of aliphatic imine (C=N–C) groups is 1. The van der Waals surface area contributed by atoms with Gasteiger partial charge >= 0.3 is 0 Å². The van der Waals surface area contributed by atoms with E-state index in [1.165, 1.54) is 12.0 Å². The van der Waals surface area contributed by atoms with Gasteiger partial charge in [-0.1, -0.05) is 32.9 Å². The Morgan fingerprint density at radius 1 is 1.32 bits per heavy atom. The minimum Gasteiger partial charge on any atom is -0.497 e. The van der Waals surface area contributed by atoms with Gasteiger partial charge in [0.2, 0.25) is 0 Å². The summed E-state index contributed by atoms with van der Waals surface area (Å²) in [5.41, 5.74) is 1.31. The summed E-state index contributed by atoms with van der Waals surface area (Å²) in [6.07, 6.45) is 1.24. The van der Waals surface area contributed by atoms with E-state index in [4.69, 9.17) is 4.74 Å². The zero-order valence-corrected chi connectivity index (χ0v) is 16.5. The molecule has 2 unspecified atom stereocenters. The van der Waals surface area contributed by atoms with Crippen LogP contribution >= 0.6 is 24.0 Å². The van der Waals surface area contributed by atoms with Crippen molar-refractivity contribution in [3.05, 3.63) is 29.8 Å². The maximum Gasteiger partial charge on any atom is 0.191 e. The number of hydrogen-bond donors (Lipinski definition) is 2. The van der Waals surface area contributed by atoms with Gasteiger partial charge in [-0.05, 0) is 30.0 Å². The molecule has 0 aromatic heterocycles. The Kier molecular flexibility index (Phi) is 6.97. The molecule has 1 saturated carbocycles. The van der Waals surface area contributed by atoms with Crippen LogP contribution in [-0.2, 0) is 5.41 Å². The lowest BCUT2D eigenvalue weighted by atomic mass is 9.84. The van der Waals surface area contributed by atoms with Gasteiger partial charge in [-0.3, -0.25) is 4.99 Å². The number of guanidine groups is 1. The van der Waals surface area contributed by atoms with Crippen LogP contribution in [0.15, 0.2) is 29.3 Å². The summed E-state index contributed by atoms with van der Waals surface area (Å²) in [7, 11) is 3.51. The number of benzene rings is 1. The largest absolute Gasteiger partial charge is 0.497 e. The molecule has 2 atom stereocenters. The quantitative estimate of drug-likeness (QED) is 0.440. The monoisotopic (exact) mass is 417 g/mol. The Balaban J connectivity index is 0.00000242. The molecule has 5 heteroatoms. The second-order valence-corrected chi connectivity index (χ2v) is 6.50. The van der Waals surface area contributed by atoms with Crippen molar-refractivity contribution in [2.75, 3.05) is 20.7 Å². The second kappa shape index (κ2) is 8.04.